The molecule has 0 radical (unpaired) electrons. The first kappa shape index (κ1) is 14.4. The van der Waals surface area contributed by atoms with Crippen LogP contribution in [0.3, 0.4) is 0 Å². The molecule has 1 aliphatic carbocycles. The van der Waals surface area contributed by atoms with E-state index in [1.54, 1.807) is 0 Å². The second-order valence-corrected chi connectivity index (χ2v) is 6.59. The molecule has 0 heterocycles. The predicted octanol–water partition coefficient (Wildman–Crippen LogP) is 5.16. The molecule has 1 N–H and O–H groups in total. The minimum absolute atomic E-state index is 0.605. The normalized spacial score (nSPS) is 18.8. The lowest BCUT2D eigenvalue weighted by Crippen LogP contribution is -2.34. The molecule has 1 saturated carbocycles. The third-order valence-electron chi connectivity index (χ3n) is 3.99. The van der Waals surface area contributed by atoms with Crippen molar-refractivity contribution >= 4 is 27.5 Å². The van der Waals surface area contributed by atoms with Gasteiger partial charge in [0.2, 0.25) is 0 Å². The van der Waals surface area contributed by atoms with E-state index in [-0.39, 0.29) is 0 Å². The Kier molecular flexibility index (Phi) is 5.53. The van der Waals surface area contributed by atoms with Crippen LogP contribution in [0, 0.1) is 5.92 Å². The summed E-state index contributed by atoms with van der Waals surface area (Å²) in [5.41, 5.74) is 1.28. The minimum Gasteiger partial charge on any atom is -0.310 e. The topological polar surface area (TPSA) is 12.0 Å². The first-order valence-electron chi connectivity index (χ1n) is 6.84. The van der Waals surface area contributed by atoms with Gasteiger partial charge >= 0.3 is 0 Å². The largest absolute Gasteiger partial charge is 0.310 e. The molecule has 18 heavy (non-hydrogen) atoms. The number of hydrogen-bond acceptors (Lipinski definition) is 1. The molecule has 0 unspecified atom stereocenters. The molecule has 1 aliphatic rings. The lowest BCUT2D eigenvalue weighted by Gasteiger charge is -2.28. The summed E-state index contributed by atoms with van der Waals surface area (Å²) in [6, 6.07) is 6.61. The third-order valence-corrected chi connectivity index (χ3v) is 4.96. The van der Waals surface area contributed by atoms with Crippen LogP contribution >= 0.6 is 27.5 Å². The minimum atomic E-state index is 0.605. The highest BCUT2D eigenvalue weighted by Crippen LogP contribution is 2.27. The van der Waals surface area contributed by atoms with Crippen molar-refractivity contribution in [1.29, 1.82) is 0 Å². The van der Waals surface area contributed by atoms with Crippen LogP contribution in [-0.2, 0) is 6.54 Å². The number of rotatable bonds is 4. The van der Waals surface area contributed by atoms with E-state index >= 15 is 0 Å². The highest BCUT2D eigenvalue weighted by molar-refractivity contribution is 9.10. The van der Waals surface area contributed by atoms with Crippen molar-refractivity contribution in [2.45, 2.75) is 51.6 Å². The van der Waals surface area contributed by atoms with Crippen molar-refractivity contribution in [3.8, 4) is 0 Å². The van der Waals surface area contributed by atoms with Gasteiger partial charge in [-0.15, -0.1) is 0 Å². The standard InChI is InChI=1S/C15H21BrClN/c1-11(12-5-3-2-4-6-12)18-10-13-7-8-14(17)9-15(13)16/h7-9,11-12,18H,2-6,10H2,1H3/t11-/m1/s1. The van der Waals surface area contributed by atoms with E-state index < -0.39 is 0 Å². The van der Waals surface area contributed by atoms with Crippen LogP contribution in [0.15, 0.2) is 22.7 Å². The summed E-state index contributed by atoms with van der Waals surface area (Å²) in [6.45, 7) is 3.23. The number of hydrogen-bond donors (Lipinski definition) is 1. The van der Waals surface area contributed by atoms with Gasteiger partial charge < -0.3 is 5.32 Å². The summed E-state index contributed by atoms with van der Waals surface area (Å²) in [4.78, 5) is 0. The summed E-state index contributed by atoms with van der Waals surface area (Å²) < 4.78 is 1.10. The molecule has 0 spiro atoms. The van der Waals surface area contributed by atoms with Crippen molar-refractivity contribution in [2.75, 3.05) is 0 Å². The van der Waals surface area contributed by atoms with Crippen molar-refractivity contribution < 1.29 is 0 Å². The maximum absolute atomic E-state index is 5.95. The van der Waals surface area contributed by atoms with E-state index in [0.717, 1.165) is 22.0 Å². The Morgan fingerprint density at radius 1 is 1.33 bits per heavy atom. The molecule has 0 amide bonds. The molecule has 1 aromatic rings. The summed E-state index contributed by atoms with van der Waals surface area (Å²) in [5, 5.41) is 4.44. The van der Waals surface area contributed by atoms with Gasteiger partial charge in [-0.3, -0.25) is 0 Å². The van der Waals surface area contributed by atoms with Gasteiger partial charge in [0.05, 0.1) is 0 Å². The number of benzene rings is 1. The predicted molar refractivity (Wildman–Crippen MR) is 82.0 cm³/mol. The molecule has 3 heteroatoms. The highest BCUT2D eigenvalue weighted by Gasteiger charge is 2.19. The van der Waals surface area contributed by atoms with Crippen molar-refractivity contribution in [1.82, 2.24) is 5.32 Å². The SMILES string of the molecule is C[C@@H](NCc1ccc(Cl)cc1Br)C1CCCCC1. The molecule has 0 aliphatic heterocycles. The third kappa shape index (κ3) is 3.97. The first-order valence-corrected chi connectivity index (χ1v) is 8.01. The van der Waals surface area contributed by atoms with Crippen LogP contribution in [0.4, 0.5) is 0 Å². The zero-order valence-corrected chi connectivity index (χ0v) is 13.2. The Balaban J connectivity index is 1.86. The molecule has 2 rings (SSSR count). The fourth-order valence-corrected chi connectivity index (χ4v) is 3.56. The van der Waals surface area contributed by atoms with E-state index in [2.05, 4.69) is 34.2 Å². The molecule has 1 aromatic carbocycles. The molecule has 1 fully saturated rings. The monoisotopic (exact) mass is 329 g/mol. The Bertz CT molecular complexity index is 388. The molecule has 1 nitrogen and oxygen atoms in total. The van der Waals surface area contributed by atoms with Crippen molar-refractivity contribution in [3.63, 3.8) is 0 Å². The zero-order chi connectivity index (χ0) is 13.0. The van der Waals surface area contributed by atoms with Gasteiger partial charge in [0.25, 0.3) is 0 Å². The quantitative estimate of drug-likeness (QED) is 0.804. The molecule has 0 saturated heterocycles. The Morgan fingerprint density at radius 3 is 2.72 bits per heavy atom. The Morgan fingerprint density at radius 2 is 2.06 bits per heavy atom. The van der Waals surface area contributed by atoms with Crippen LogP contribution in [-0.4, -0.2) is 6.04 Å². The van der Waals surface area contributed by atoms with Crippen LogP contribution in [0.2, 0.25) is 5.02 Å². The molecule has 0 aromatic heterocycles. The summed E-state index contributed by atoms with van der Waals surface area (Å²) in [6.07, 6.45) is 7.00. The lowest BCUT2D eigenvalue weighted by molar-refractivity contribution is 0.280. The summed E-state index contributed by atoms with van der Waals surface area (Å²) in [5.74, 6) is 0.852. The van der Waals surface area contributed by atoms with Crippen LogP contribution in [0.5, 0.6) is 0 Å². The average Bonchev–Trinajstić information content (AvgIpc) is 2.38. The smallest absolute Gasteiger partial charge is 0.0417 e. The molecular weight excluding hydrogens is 310 g/mol. The summed E-state index contributed by atoms with van der Waals surface area (Å²) in [7, 11) is 0. The average molecular weight is 331 g/mol. The summed E-state index contributed by atoms with van der Waals surface area (Å²) >= 11 is 9.52. The fraction of sp³-hybridized carbons (Fsp3) is 0.600. The van der Waals surface area contributed by atoms with E-state index in [1.807, 2.05) is 12.1 Å². The van der Waals surface area contributed by atoms with E-state index in [0.29, 0.717) is 6.04 Å². The molecule has 0 bridgehead atoms. The maximum Gasteiger partial charge on any atom is 0.0417 e. The Hall–Kier alpha value is -0.0500. The van der Waals surface area contributed by atoms with Gasteiger partial charge in [0.15, 0.2) is 0 Å². The number of nitrogens with one attached hydrogen (secondary N) is 1. The van der Waals surface area contributed by atoms with E-state index in [4.69, 9.17) is 11.6 Å². The van der Waals surface area contributed by atoms with Crippen LogP contribution < -0.4 is 5.32 Å². The van der Waals surface area contributed by atoms with E-state index in [9.17, 15) is 0 Å². The van der Waals surface area contributed by atoms with Gasteiger partial charge in [0, 0.05) is 22.1 Å². The first-order chi connectivity index (χ1) is 8.66. The second-order valence-electron chi connectivity index (χ2n) is 5.30. The maximum atomic E-state index is 5.95. The number of halogens is 2. The molecule has 1 atom stereocenters. The van der Waals surface area contributed by atoms with Gasteiger partial charge in [-0.2, -0.15) is 0 Å². The van der Waals surface area contributed by atoms with Crippen LogP contribution in [0.25, 0.3) is 0 Å². The highest BCUT2D eigenvalue weighted by atomic mass is 79.9. The van der Waals surface area contributed by atoms with Gasteiger partial charge in [-0.25, -0.2) is 0 Å². The van der Waals surface area contributed by atoms with Crippen LogP contribution in [0.1, 0.15) is 44.6 Å². The van der Waals surface area contributed by atoms with Crippen molar-refractivity contribution in [3.05, 3.63) is 33.3 Å². The van der Waals surface area contributed by atoms with Gasteiger partial charge in [0.1, 0.15) is 0 Å². The molecular formula is C15H21BrClN. The molecule has 100 valence electrons. The Labute approximate surface area is 123 Å². The van der Waals surface area contributed by atoms with E-state index in [1.165, 1.54) is 37.7 Å². The van der Waals surface area contributed by atoms with Gasteiger partial charge in [-0.05, 0) is 43.4 Å². The van der Waals surface area contributed by atoms with Crippen molar-refractivity contribution in [2.24, 2.45) is 5.92 Å². The van der Waals surface area contributed by atoms with Gasteiger partial charge in [-0.1, -0.05) is 52.9 Å². The lowest BCUT2D eigenvalue weighted by atomic mass is 9.84. The zero-order valence-electron chi connectivity index (χ0n) is 10.9. The second kappa shape index (κ2) is 6.93. The fourth-order valence-electron chi connectivity index (χ4n) is 2.74.